The van der Waals surface area contributed by atoms with Crippen molar-refractivity contribution in [1.82, 2.24) is 15.2 Å². The van der Waals surface area contributed by atoms with Gasteiger partial charge in [0.25, 0.3) is 0 Å². The topological polar surface area (TPSA) is 50.7 Å². The second kappa shape index (κ2) is 6.55. The average molecular weight is 334 g/mol. The van der Waals surface area contributed by atoms with E-state index >= 15 is 0 Å². The van der Waals surface area contributed by atoms with Crippen molar-refractivity contribution in [3.05, 3.63) is 41.9 Å². The number of hydrogen-bond acceptors (Lipinski definition) is 7. The van der Waals surface area contributed by atoms with Gasteiger partial charge in [-0.3, -0.25) is 0 Å². The number of benzene rings is 1. The van der Waals surface area contributed by atoms with Crippen LogP contribution in [0.4, 0.5) is 5.13 Å². The van der Waals surface area contributed by atoms with Crippen LogP contribution in [-0.4, -0.2) is 21.7 Å². The lowest BCUT2D eigenvalue weighted by Gasteiger charge is -2.03. The number of anilines is 1. The van der Waals surface area contributed by atoms with E-state index in [9.17, 15) is 0 Å². The van der Waals surface area contributed by atoms with Gasteiger partial charge in [-0.15, -0.1) is 28.1 Å². The van der Waals surface area contributed by atoms with E-state index in [1.807, 2.05) is 12.1 Å². The van der Waals surface area contributed by atoms with Crippen LogP contribution in [-0.2, 0) is 0 Å². The van der Waals surface area contributed by atoms with Crippen molar-refractivity contribution in [2.45, 2.75) is 16.5 Å². The van der Waals surface area contributed by atoms with Crippen molar-refractivity contribution in [2.75, 3.05) is 11.9 Å². The zero-order valence-corrected chi connectivity index (χ0v) is 13.9. The largest absolute Gasteiger partial charge is 0.357 e. The van der Waals surface area contributed by atoms with E-state index in [0.29, 0.717) is 6.54 Å². The molecule has 0 saturated heterocycles. The van der Waals surface area contributed by atoms with Crippen molar-refractivity contribution in [3.8, 4) is 0 Å². The molecule has 0 aliphatic heterocycles. The fraction of sp³-hybridized carbons (Fsp3) is 0.214. The van der Waals surface area contributed by atoms with E-state index in [0.717, 1.165) is 20.0 Å². The number of fused-ring (bicyclic) bond motifs is 1. The lowest BCUT2D eigenvalue weighted by Crippen LogP contribution is -1.96. The number of thiazole rings is 1. The van der Waals surface area contributed by atoms with E-state index in [1.54, 1.807) is 40.5 Å². The summed E-state index contributed by atoms with van der Waals surface area (Å²) in [6.45, 7) is 6.53. The molecule has 0 saturated carbocycles. The van der Waals surface area contributed by atoms with Crippen LogP contribution in [0.3, 0.4) is 0 Å². The molecule has 0 aliphatic carbocycles. The molecule has 7 heteroatoms. The predicted octanol–water partition coefficient (Wildman–Crippen LogP) is 4.60. The molecule has 3 rings (SSSR count). The average Bonchev–Trinajstić information content (AvgIpc) is 3.11. The van der Waals surface area contributed by atoms with Crippen LogP contribution in [0.25, 0.3) is 10.2 Å². The summed E-state index contributed by atoms with van der Waals surface area (Å²) < 4.78 is 2.18. The van der Waals surface area contributed by atoms with Gasteiger partial charge >= 0.3 is 0 Å². The summed E-state index contributed by atoms with van der Waals surface area (Å²) in [6.07, 6.45) is 1.80. The van der Waals surface area contributed by atoms with E-state index < -0.39 is 0 Å². The third kappa shape index (κ3) is 3.42. The molecular weight excluding hydrogens is 320 g/mol. The van der Waals surface area contributed by atoms with Gasteiger partial charge in [-0.05, 0) is 19.1 Å². The third-order valence-corrected chi connectivity index (χ3v) is 6.18. The second-order valence-electron chi connectivity index (χ2n) is 4.32. The van der Waals surface area contributed by atoms with Gasteiger partial charge in [0.05, 0.1) is 15.5 Å². The Morgan fingerprint density at radius 1 is 1.33 bits per heavy atom. The Morgan fingerprint density at radius 2 is 2.19 bits per heavy atom. The van der Waals surface area contributed by atoms with Crippen LogP contribution in [0.15, 0.2) is 41.3 Å². The molecule has 21 heavy (non-hydrogen) atoms. The lowest BCUT2D eigenvalue weighted by molar-refractivity contribution is 0.994. The maximum absolute atomic E-state index is 4.69. The van der Waals surface area contributed by atoms with E-state index in [4.69, 9.17) is 4.98 Å². The summed E-state index contributed by atoms with van der Waals surface area (Å²) in [4.78, 5) is 4.69. The number of nitrogens with zero attached hydrogens (tertiary/aromatic N) is 3. The van der Waals surface area contributed by atoms with Gasteiger partial charge in [-0.1, -0.05) is 41.3 Å². The minimum atomic E-state index is 0.266. The SMILES string of the molecule is C=CCNc1nnc(SC(C)c2nc3ccccc3s2)s1. The van der Waals surface area contributed by atoms with E-state index in [-0.39, 0.29) is 5.25 Å². The van der Waals surface area contributed by atoms with Crippen LogP contribution in [0, 0.1) is 0 Å². The number of hydrogen-bond donors (Lipinski definition) is 1. The Morgan fingerprint density at radius 3 is 3.00 bits per heavy atom. The summed E-state index contributed by atoms with van der Waals surface area (Å²) in [7, 11) is 0. The van der Waals surface area contributed by atoms with Gasteiger partial charge in [0.2, 0.25) is 5.13 Å². The minimum absolute atomic E-state index is 0.266. The highest BCUT2D eigenvalue weighted by atomic mass is 32.2. The summed E-state index contributed by atoms with van der Waals surface area (Å²) in [5.74, 6) is 0. The highest BCUT2D eigenvalue weighted by Crippen LogP contribution is 2.39. The molecule has 1 unspecified atom stereocenters. The molecule has 0 fully saturated rings. The molecule has 3 aromatic rings. The fourth-order valence-corrected chi connectivity index (χ4v) is 4.83. The van der Waals surface area contributed by atoms with Gasteiger partial charge in [0, 0.05) is 6.54 Å². The molecule has 0 amide bonds. The molecular formula is C14H14N4S3. The normalized spacial score (nSPS) is 12.4. The maximum atomic E-state index is 4.69. The number of nitrogens with one attached hydrogen (secondary N) is 1. The van der Waals surface area contributed by atoms with Crippen LogP contribution in [0.5, 0.6) is 0 Å². The highest BCUT2D eigenvalue weighted by molar-refractivity contribution is 8.01. The molecule has 0 bridgehead atoms. The van der Waals surface area contributed by atoms with Crippen molar-refractivity contribution in [2.24, 2.45) is 0 Å². The summed E-state index contributed by atoms with van der Waals surface area (Å²) in [5.41, 5.74) is 1.07. The van der Waals surface area contributed by atoms with Crippen molar-refractivity contribution in [3.63, 3.8) is 0 Å². The van der Waals surface area contributed by atoms with Crippen molar-refractivity contribution < 1.29 is 0 Å². The zero-order chi connectivity index (χ0) is 14.7. The first-order chi connectivity index (χ1) is 10.3. The number of thioether (sulfide) groups is 1. The Kier molecular flexibility index (Phi) is 4.52. The molecule has 0 spiro atoms. The van der Waals surface area contributed by atoms with E-state index in [1.165, 1.54) is 4.70 Å². The van der Waals surface area contributed by atoms with Gasteiger partial charge in [-0.25, -0.2) is 4.98 Å². The van der Waals surface area contributed by atoms with Gasteiger partial charge in [-0.2, -0.15) is 0 Å². The summed E-state index contributed by atoms with van der Waals surface area (Å²) in [6, 6.07) is 8.22. The quantitative estimate of drug-likeness (QED) is 0.527. The predicted molar refractivity (Wildman–Crippen MR) is 92.5 cm³/mol. The Bertz CT molecular complexity index is 716. The van der Waals surface area contributed by atoms with Crippen molar-refractivity contribution in [1.29, 1.82) is 0 Å². The molecule has 4 nitrogen and oxygen atoms in total. The van der Waals surface area contributed by atoms with Gasteiger partial charge in [0.1, 0.15) is 5.01 Å². The highest BCUT2D eigenvalue weighted by Gasteiger charge is 2.15. The number of para-hydroxylation sites is 1. The van der Waals surface area contributed by atoms with Crippen LogP contribution >= 0.6 is 34.4 Å². The zero-order valence-electron chi connectivity index (χ0n) is 11.4. The van der Waals surface area contributed by atoms with Gasteiger partial charge < -0.3 is 5.32 Å². The molecule has 108 valence electrons. The molecule has 1 N–H and O–H groups in total. The summed E-state index contributed by atoms with van der Waals surface area (Å²) in [5, 5.41) is 13.7. The first-order valence-electron chi connectivity index (χ1n) is 6.46. The second-order valence-corrected chi connectivity index (χ2v) is 7.95. The first kappa shape index (κ1) is 14.5. The van der Waals surface area contributed by atoms with Crippen LogP contribution in [0.1, 0.15) is 17.2 Å². The smallest absolute Gasteiger partial charge is 0.206 e. The molecule has 2 aromatic heterocycles. The van der Waals surface area contributed by atoms with E-state index in [2.05, 4.69) is 41.1 Å². The number of rotatable bonds is 6. The molecule has 1 aromatic carbocycles. The Labute approximate surface area is 135 Å². The van der Waals surface area contributed by atoms with Crippen molar-refractivity contribution >= 4 is 49.8 Å². The molecule has 1 atom stereocenters. The Hall–Kier alpha value is -1.44. The third-order valence-electron chi connectivity index (χ3n) is 2.74. The standard InChI is InChI=1S/C14H14N4S3/c1-3-8-15-13-17-18-14(21-13)19-9(2)12-16-10-6-4-5-7-11(10)20-12/h3-7,9H,1,8H2,2H3,(H,15,17). The molecule has 2 heterocycles. The van der Waals surface area contributed by atoms with Gasteiger partial charge in [0.15, 0.2) is 4.34 Å². The molecule has 0 aliphatic rings. The summed E-state index contributed by atoms with van der Waals surface area (Å²) >= 11 is 5.00. The fourth-order valence-electron chi connectivity index (χ4n) is 1.75. The lowest BCUT2D eigenvalue weighted by atomic mass is 10.3. The minimum Gasteiger partial charge on any atom is -0.357 e. The Balaban J connectivity index is 1.71. The first-order valence-corrected chi connectivity index (χ1v) is 8.98. The number of aromatic nitrogens is 3. The maximum Gasteiger partial charge on any atom is 0.206 e. The van der Waals surface area contributed by atoms with Crippen LogP contribution < -0.4 is 5.32 Å². The molecule has 0 radical (unpaired) electrons. The monoisotopic (exact) mass is 334 g/mol. The van der Waals surface area contributed by atoms with Crippen LogP contribution in [0.2, 0.25) is 0 Å².